The summed E-state index contributed by atoms with van der Waals surface area (Å²) in [5, 5.41) is 2.93. The van der Waals surface area contributed by atoms with Gasteiger partial charge in [-0.05, 0) is 31.1 Å². The van der Waals surface area contributed by atoms with E-state index in [0.717, 1.165) is 44.7 Å². The Morgan fingerprint density at radius 3 is 2.41 bits per heavy atom. The Bertz CT molecular complexity index is 452. The van der Waals surface area contributed by atoms with Crippen molar-refractivity contribution >= 4 is 5.91 Å². The predicted molar refractivity (Wildman–Crippen MR) is 89.4 cm³/mol. The molecule has 5 heteroatoms. The number of rotatable bonds is 7. The summed E-state index contributed by atoms with van der Waals surface area (Å²) in [5.41, 5.74) is 7.88. The summed E-state index contributed by atoms with van der Waals surface area (Å²) in [5.74, 6) is 0.0759. The van der Waals surface area contributed by atoms with Gasteiger partial charge in [-0.2, -0.15) is 0 Å². The first-order valence-corrected chi connectivity index (χ1v) is 8.13. The van der Waals surface area contributed by atoms with Crippen molar-refractivity contribution in [2.75, 3.05) is 39.8 Å². The largest absolute Gasteiger partial charge is 0.352 e. The van der Waals surface area contributed by atoms with Gasteiger partial charge in [0.15, 0.2) is 0 Å². The van der Waals surface area contributed by atoms with Gasteiger partial charge in [0, 0.05) is 45.7 Å². The van der Waals surface area contributed by atoms with Gasteiger partial charge in [0.1, 0.15) is 0 Å². The molecule has 122 valence electrons. The number of piperazine rings is 1. The number of nitrogens with one attached hydrogen (secondary N) is 1. The molecule has 0 unspecified atom stereocenters. The predicted octanol–water partition coefficient (Wildman–Crippen LogP) is 0.789. The molecule has 3 N–H and O–H groups in total. The van der Waals surface area contributed by atoms with Crippen LogP contribution in [0.4, 0.5) is 0 Å². The average molecular weight is 304 g/mol. The fourth-order valence-electron chi connectivity index (χ4n) is 2.58. The molecule has 1 aromatic carbocycles. The zero-order valence-electron chi connectivity index (χ0n) is 13.6. The number of hydrogen-bond donors (Lipinski definition) is 2. The first-order valence-electron chi connectivity index (χ1n) is 8.13. The fraction of sp³-hybridized carbons (Fsp3) is 0.588. The molecule has 1 amide bonds. The summed E-state index contributed by atoms with van der Waals surface area (Å²) in [6.07, 6.45) is 1.26. The van der Waals surface area contributed by atoms with E-state index in [1.807, 2.05) is 0 Å². The lowest BCUT2D eigenvalue weighted by molar-refractivity contribution is -0.121. The summed E-state index contributed by atoms with van der Waals surface area (Å²) < 4.78 is 0. The molecule has 1 heterocycles. The van der Waals surface area contributed by atoms with Gasteiger partial charge in [0.25, 0.3) is 0 Å². The van der Waals surface area contributed by atoms with E-state index in [9.17, 15) is 4.79 Å². The van der Waals surface area contributed by atoms with E-state index >= 15 is 0 Å². The van der Waals surface area contributed by atoms with Crippen LogP contribution in [0.2, 0.25) is 0 Å². The van der Waals surface area contributed by atoms with Gasteiger partial charge >= 0.3 is 0 Å². The van der Waals surface area contributed by atoms with Gasteiger partial charge in [0.05, 0.1) is 0 Å². The molecule has 1 aliphatic heterocycles. The quantitative estimate of drug-likeness (QED) is 0.782. The van der Waals surface area contributed by atoms with Crippen LogP contribution in [0.3, 0.4) is 0 Å². The first kappa shape index (κ1) is 16.9. The highest BCUT2D eigenvalue weighted by atomic mass is 16.1. The highest BCUT2D eigenvalue weighted by molar-refractivity contribution is 5.75. The van der Waals surface area contributed by atoms with Crippen LogP contribution in [0.1, 0.15) is 24.0 Å². The summed E-state index contributed by atoms with van der Waals surface area (Å²) in [4.78, 5) is 16.4. The Balaban J connectivity index is 1.74. The maximum atomic E-state index is 11.6. The zero-order valence-corrected chi connectivity index (χ0v) is 13.6. The van der Waals surface area contributed by atoms with E-state index in [4.69, 9.17) is 5.73 Å². The van der Waals surface area contributed by atoms with E-state index in [1.165, 1.54) is 5.56 Å². The maximum Gasteiger partial charge on any atom is 0.220 e. The van der Waals surface area contributed by atoms with E-state index < -0.39 is 0 Å². The smallest absolute Gasteiger partial charge is 0.220 e. The van der Waals surface area contributed by atoms with Crippen molar-refractivity contribution in [3.05, 3.63) is 35.4 Å². The molecule has 0 spiro atoms. The summed E-state index contributed by atoms with van der Waals surface area (Å²) in [6, 6.07) is 8.54. The second-order valence-electron chi connectivity index (χ2n) is 6.06. The van der Waals surface area contributed by atoms with Crippen LogP contribution in [0.25, 0.3) is 0 Å². The maximum absolute atomic E-state index is 11.6. The number of benzene rings is 1. The number of amides is 1. The fourth-order valence-corrected chi connectivity index (χ4v) is 2.58. The zero-order chi connectivity index (χ0) is 15.8. The number of carbonyl (C=O) groups is 1. The molecule has 1 aliphatic rings. The van der Waals surface area contributed by atoms with Crippen molar-refractivity contribution in [2.45, 2.75) is 25.9 Å². The van der Waals surface area contributed by atoms with Gasteiger partial charge in [-0.15, -0.1) is 0 Å². The summed E-state index contributed by atoms with van der Waals surface area (Å²) in [7, 11) is 2.17. The molecule has 5 nitrogen and oxygen atoms in total. The summed E-state index contributed by atoms with van der Waals surface area (Å²) >= 11 is 0. The molecular weight excluding hydrogens is 276 g/mol. The van der Waals surface area contributed by atoms with Crippen molar-refractivity contribution in [1.82, 2.24) is 15.1 Å². The van der Waals surface area contributed by atoms with Gasteiger partial charge in [-0.25, -0.2) is 0 Å². The van der Waals surface area contributed by atoms with Crippen molar-refractivity contribution in [3.8, 4) is 0 Å². The number of hydrogen-bond acceptors (Lipinski definition) is 4. The van der Waals surface area contributed by atoms with Gasteiger partial charge < -0.3 is 16.0 Å². The number of carbonyl (C=O) groups excluding carboxylic acids is 1. The third kappa shape index (κ3) is 5.75. The van der Waals surface area contributed by atoms with Crippen molar-refractivity contribution in [3.63, 3.8) is 0 Å². The lowest BCUT2D eigenvalue weighted by Gasteiger charge is -2.32. The van der Waals surface area contributed by atoms with E-state index in [2.05, 4.69) is 46.4 Å². The van der Waals surface area contributed by atoms with Crippen LogP contribution in [-0.4, -0.2) is 55.5 Å². The van der Waals surface area contributed by atoms with Crippen LogP contribution in [0.15, 0.2) is 24.3 Å². The lowest BCUT2D eigenvalue weighted by Crippen LogP contribution is -2.43. The molecule has 0 atom stereocenters. The molecule has 0 aliphatic carbocycles. The molecule has 1 saturated heterocycles. The van der Waals surface area contributed by atoms with Crippen molar-refractivity contribution < 1.29 is 4.79 Å². The molecule has 1 fully saturated rings. The Morgan fingerprint density at radius 2 is 1.77 bits per heavy atom. The van der Waals surface area contributed by atoms with Gasteiger partial charge in [-0.1, -0.05) is 24.3 Å². The van der Waals surface area contributed by atoms with Crippen LogP contribution >= 0.6 is 0 Å². The molecule has 0 bridgehead atoms. The average Bonchev–Trinajstić information content (AvgIpc) is 2.54. The molecule has 1 aromatic rings. The molecule has 2 rings (SSSR count). The van der Waals surface area contributed by atoms with E-state index in [0.29, 0.717) is 19.5 Å². The van der Waals surface area contributed by atoms with Crippen molar-refractivity contribution in [2.24, 2.45) is 5.73 Å². The Morgan fingerprint density at radius 1 is 1.14 bits per heavy atom. The van der Waals surface area contributed by atoms with Crippen molar-refractivity contribution in [1.29, 1.82) is 0 Å². The van der Waals surface area contributed by atoms with Crippen LogP contribution in [0.5, 0.6) is 0 Å². The number of nitrogens with two attached hydrogens (primary N) is 1. The minimum absolute atomic E-state index is 0.0759. The number of likely N-dealkylation sites (N-methyl/N-ethyl adjacent to an activating group) is 1. The highest BCUT2D eigenvalue weighted by Crippen LogP contribution is 2.09. The lowest BCUT2D eigenvalue weighted by atomic mass is 10.1. The first-order chi connectivity index (χ1) is 10.7. The Kier molecular flexibility index (Phi) is 6.83. The second-order valence-corrected chi connectivity index (χ2v) is 6.06. The van der Waals surface area contributed by atoms with Gasteiger partial charge in [0.2, 0.25) is 5.91 Å². The highest BCUT2D eigenvalue weighted by Gasteiger charge is 2.13. The normalized spacial score (nSPS) is 16.6. The third-order valence-electron chi connectivity index (χ3n) is 4.12. The third-order valence-corrected chi connectivity index (χ3v) is 4.12. The standard InChI is InChI=1S/C17H28N4O/c1-20-9-11-21(12-10-20)14-16-6-4-15(5-7-16)13-19-17(22)3-2-8-18/h4-7H,2-3,8-14,18H2,1H3,(H,19,22). The van der Waals surface area contributed by atoms with Gasteiger partial charge in [-0.3, -0.25) is 9.69 Å². The molecule has 0 radical (unpaired) electrons. The minimum atomic E-state index is 0.0759. The number of nitrogens with zero attached hydrogens (tertiary/aromatic N) is 2. The monoisotopic (exact) mass is 304 g/mol. The van der Waals surface area contributed by atoms with E-state index in [1.54, 1.807) is 0 Å². The molecule has 0 aromatic heterocycles. The summed E-state index contributed by atoms with van der Waals surface area (Å²) in [6.45, 7) is 6.73. The molecule has 0 saturated carbocycles. The minimum Gasteiger partial charge on any atom is -0.352 e. The topological polar surface area (TPSA) is 61.6 Å². The SMILES string of the molecule is CN1CCN(Cc2ccc(CNC(=O)CCCN)cc2)CC1. The second kappa shape index (κ2) is 8.88. The van der Waals surface area contributed by atoms with Crippen LogP contribution in [-0.2, 0) is 17.9 Å². The Labute approximate surface area is 133 Å². The Hall–Kier alpha value is -1.43. The molecular formula is C17H28N4O. The van der Waals surface area contributed by atoms with Crippen LogP contribution < -0.4 is 11.1 Å². The van der Waals surface area contributed by atoms with Crippen LogP contribution in [0, 0.1) is 0 Å². The van der Waals surface area contributed by atoms with E-state index in [-0.39, 0.29) is 5.91 Å². The molecule has 22 heavy (non-hydrogen) atoms.